The first-order valence-electron chi connectivity index (χ1n) is 5.65. The SMILES string of the molecule is CC(C)(C)[CH]C(CO[N+](=O)[O-])(CO[N+](=O)[O-])CO[N+](=O)[O-]. The summed E-state index contributed by atoms with van der Waals surface area (Å²) in [7, 11) is 0. The first kappa shape index (κ1) is 18.6. The third kappa shape index (κ3) is 9.18. The van der Waals surface area contributed by atoms with E-state index >= 15 is 0 Å². The molecule has 0 aliphatic rings. The summed E-state index contributed by atoms with van der Waals surface area (Å²) < 4.78 is 0. The fraction of sp³-hybridized carbons (Fsp3) is 0.889. The molecule has 0 saturated heterocycles. The quantitative estimate of drug-likeness (QED) is 0.421. The Balaban J connectivity index is 5.17. The topological polar surface area (TPSA) is 157 Å². The molecule has 12 heteroatoms. The third-order valence-electron chi connectivity index (χ3n) is 2.11. The van der Waals surface area contributed by atoms with Crippen LogP contribution in [0, 0.1) is 47.6 Å². The molecule has 0 atom stereocenters. The molecule has 0 rings (SSSR count). The molecule has 0 aromatic rings. The Bertz CT molecular complexity index is 347. The Morgan fingerprint density at radius 3 is 1.29 bits per heavy atom. The van der Waals surface area contributed by atoms with Crippen LogP contribution in [0.3, 0.4) is 0 Å². The summed E-state index contributed by atoms with van der Waals surface area (Å²) >= 11 is 0. The fourth-order valence-corrected chi connectivity index (χ4v) is 1.71. The molecule has 0 spiro atoms. The van der Waals surface area contributed by atoms with Crippen molar-refractivity contribution >= 4 is 0 Å². The van der Waals surface area contributed by atoms with Gasteiger partial charge in [-0.2, -0.15) is 0 Å². The maximum atomic E-state index is 10.3. The highest BCUT2D eigenvalue weighted by molar-refractivity contribution is 4.99. The second-order valence-corrected chi connectivity index (χ2v) is 5.36. The van der Waals surface area contributed by atoms with Crippen molar-refractivity contribution in [2.24, 2.45) is 10.8 Å². The second kappa shape index (κ2) is 7.40. The number of hydrogen-bond acceptors (Lipinski definition) is 9. The summed E-state index contributed by atoms with van der Waals surface area (Å²) in [6.45, 7) is 3.06. The van der Waals surface area contributed by atoms with Crippen molar-refractivity contribution in [1.29, 1.82) is 0 Å². The largest absolute Gasteiger partial charge is 0.313 e. The lowest BCUT2D eigenvalue weighted by molar-refractivity contribution is -0.781. The Hall–Kier alpha value is -2.40. The zero-order valence-corrected chi connectivity index (χ0v) is 11.7. The molecular weight excluding hydrogens is 294 g/mol. The Kier molecular flexibility index (Phi) is 6.55. The van der Waals surface area contributed by atoms with Crippen LogP contribution in [0.5, 0.6) is 0 Å². The zero-order chi connectivity index (χ0) is 16.7. The Morgan fingerprint density at radius 1 is 0.810 bits per heavy atom. The summed E-state index contributed by atoms with van der Waals surface area (Å²) in [5.41, 5.74) is -2.12. The van der Waals surface area contributed by atoms with Gasteiger partial charge >= 0.3 is 0 Å². The Labute approximate surface area is 119 Å². The van der Waals surface area contributed by atoms with Crippen LogP contribution in [0.2, 0.25) is 0 Å². The highest BCUT2D eigenvalue weighted by Gasteiger charge is 2.39. The molecule has 0 aliphatic carbocycles. The van der Waals surface area contributed by atoms with Crippen LogP contribution in [-0.4, -0.2) is 35.1 Å². The van der Waals surface area contributed by atoms with Crippen molar-refractivity contribution in [3.8, 4) is 0 Å². The number of rotatable bonds is 10. The van der Waals surface area contributed by atoms with E-state index in [1.165, 1.54) is 6.42 Å². The first-order valence-corrected chi connectivity index (χ1v) is 5.65. The van der Waals surface area contributed by atoms with Crippen molar-refractivity contribution in [3.63, 3.8) is 0 Å². The van der Waals surface area contributed by atoms with Gasteiger partial charge in [-0.3, -0.25) is 0 Å². The van der Waals surface area contributed by atoms with Crippen LogP contribution >= 0.6 is 0 Å². The Morgan fingerprint density at radius 2 is 1.10 bits per heavy atom. The van der Waals surface area contributed by atoms with E-state index in [4.69, 9.17) is 0 Å². The van der Waals surface area contributed by atoms with Gasteiger partial charge < -0.3 is 14.5 Å². The second-order valence-electron chi connectivity index (χ2n) is 5.36. The van der Waals surface area contributed by atoms with Crippen LogP contribution < -0.4 is 0 Å². The molecule has 0 amide bonds. The minimum Gasteiger partial charge on any atom is -0.313 e. The predicted molar refractivity (Wildman–Crippen MR) is 65.0 cm³/mol. The summed E-state index contributed by atoms with van der Waals surface area (Å²) in [5.74, 6) is 0. The zero-order valence-electron chi connectivity index (χ0n) is 11.7. The minimum absolute atomic E-state index is 0.583. The molecular formula is C9H16N3O9. The molecule has 121 valence electrons. The van der Waals surface area contributed by atoms with E-state index in [1.54, 1.807) is 20.8 Å². The van der Waals surface area contributed by atoms with Gasteiger partial charge in [0.15, 0.2) is 0 Å². The molecule has 0 heterocycles. The van der Waals surface area contributed by atoms with Gasteiger partial charge in [-0.05, 0) is 11.8 Å². The highest BCUT2D eigenvalue weighted by Crippen LogP contribution is 2.34. The standard InChI is InChI=1S/C9H16N3O9/c1-8(2,3)4-9(5-19-10(13)14,6-20-11(15)16)7-21-12(17)18/h4H,5-7H2,1-3H3. The molecule has 0 saturated carbocycles. The van der Waals surface area contributed by atoms with E-state index in [1.807, 2.05) is 0 Å². The van der Waals surface area contributed by atoms with Crippen LogP contribution in [-0.2, 0) is 14.5 Å². The van der Waals surface area contributed by atoms with E-state index in [0.717, 1.165) is 0 Å². The summed E-state index contributed by atoms with van der Waals surface area (Å²) in [4.78, 5) is 43.5. The molecule has 0 fully saturated rings. The van der Waals surface area contributed by atoms with Gasteiger partial charge in [0.05, 0.1) is 0 Å². The molecule has 0 aromatic heterocycles. The van der Waals surface area contributed by atoms with Crippen LogP contribution in [0.1, 0.15) is 20.8 Å². The molecule has 0 bridgehead atoms. The molecule has 1 radical (unpaired) electrons. The number of hydrogen-bond donors (Lipinski definition) is 0. The van der Waals surface area contributed by atoms with E-state index in [2.05, 4.69) is 14.5 Å². The van der Waals surface area contributed by atoms with Crippen molar-refractivity contribution in [1.82, 2.24) is 0 Å². The minimum atomic E-state index is -1.54. The van der Waals surface area contributed by atoms with Crippen molar-refractivity contribution < 1.29 is 29.8 Å². The van der Waals surface area contributed by atoms with Crippen molar-refractivity contribution in [2.75, 3.05) is 19.8 Å². The van der Waals surface area contributed by atoms with E-state index in [0.29, 0.717) is 0 Å². The van der Waals surface area contributed by atoms with Gasteiger partial charge in [-0.25, -0.2) is 0 Å². The van der Waals surface area contributed by atoms with Crippen molar-refractivity contribution in [3.05, 3.63) is 36.8 Å². The van der Waals surface area contributed by atoms with Gasteiger partial charge in [0, 0.05) is 5.41 Å². The normalized spacial score (nSPS) is 11.6. The average Bonchev–Trinajstić information content (AvgIpc) is 2.29. The molecule has 0 N–H and O–H groups in total. The smallest absolute Gasteiger partial charge is 0.294 e. The summed E-state index contributed by atoms with van der Waals surface area (Å²) in [6, 6.07) is 0. The molecule has 12 nitrogen and oxygen atoms in total. The summed E-state index contributed by atoms with van der Waals surface area (Å²) in [6.07, 6.45) is 1.43. The highest BCUT2D eigenvalue weighted by atomic mass is 17.0. The fourth-order valence-electron chi connectivity index (χ4n) is 1.71. The van der Waals surface area contributed by atoms with Gasteiger partial charge in [-0.1, -0.05) is 20.8 Å². The lowest BCUT2D eigenvalue weighted by Gasteiger charge is -2.35. The number of nitrogens with zero attached hydrogens (tertiary/aromatic N) is 3. The van der Waals surface area contributed by atoms with E-state index in [-0.39, 0.29) is 0 Å². The molecule has 21 heavy (non-hydrogen) atoms. The van der Waals surface area contributed by atoms with Gasteiger partial charge in [0.1, 0.15) is 19.8 Å². The molecule has 0 unspecified atom stereocenters. The molecule has 0 aliphatic heterocycles. The summed E-state index contributed by atoms with van der Waals surface area (Å²) in [5, 5.41) is 27.6. The maximum Gasteiger partial charge on any atom is 0.294 e. The van der Waals surface area contributed by atoms with Crippen LogP contribution in [0.4, 0.5) is 0 Å². The predicted octanol–water partition coefficient (Wildman–Crippen LogP) is 0.848. The first-order chi connectivity index (χ1) is 9.46. The van der Waals surface area contributed by atoms with Gasteiger partial charge in [-0.15, -0.1) is 30.3 Å². The maximum absolute atomic E-state index is 10.3. The lowest BCUT2D eigenvalue weighted by atomic mass is 9.75. The van der Waals surface area contributed by atoms with Gasteiger partial charge in [0.25, 0.3) is 15.3 Å². The van der Waals surface area contributed by atoms with E-state index in [9.17, 15) is 30.3 Å². The van der Waals surface area contributed by atoms with E-state index < -0.39 is 45.9 Å². The van der Waals surface area contributed by atoms with Crippen LogP contribution in [0.15, 0.2) is 0 Å². The van der Waals surface area contributed by atoms with Crippen LogP contribution in [0.25, 0.3) is 0 Å². The third-order valence-corrected chi connectivity index (χ3v) is 2.11. The monoisotopic (exact) mass is 310 g/mol. The lowest BCUT2D eigenvalue weighted by Crippen LogP contribution is -2.42. The van der Waals surface area contributed by atoms with Gasteiger partial charge in [0.2, 0.25) is 0 Å². The van der Waals surface area contributed by atoms with Crippen molar-refractivity contribution in [2.45, 2.75) is 20.8 Å². The average molecular weight is 310 g/mol. The molecule has 0 aromatic carbocycles.